The molecule has 3 rings (SSSR count). The third-order valence-corrected chi connectivity index (χ3v) is 4.87. The fourth-order valence-corrected chi connectivity index (χ4v) is 3.30. The largest absolute Gasteiger partial charge is 0.371 e. The molecule has 2 N–H and O–H groups in total. The lowest BCUT2D eigenvalue weighted by molar-refractivity contribution is -0.137. The number of nitrogens with one attached hydrogen (secondary N) is 2. The molecule has 0 radical (unpaired) electrons. The van der Waals surface area contributed by atoms with Crippen LogP contribution in [0.1, 0.15) is 39.5 Å². The highest BCUT2D eigenvalue weighted by Crippen LogP contribution is 2.34. The Bertz CT molecular complexity index is 588. The second-order valence-electron chi connectivity index (χ2n) is 7.30. The van der Waals surface area contributed by atoms with E-state index < -0.39 is 5.54 Å². The summed E-state index contributed by atoms with van der Waals surface area (Å²) >= 11 is 0. The van der Waals surface area contributed by atoms with Crippen molar-refractivity contribution < 1.29 is 9.59 Å². The predicted molar refractivity (Wildman–Crippen MR) is 94.6 cm³/mol. The molecule has 0 bridgehead atoms. The van der Waals surface area contributed by atoms with Gasteiger partial charge in [0, 0.05) is 30.7 Å². The number of piperidine rings is 1. The summed E-state index contributed by atoms with van der Waals surface area (Å²) in [5.41, 5.74) is 0.296. The number of hydrogen-bond acceptors (Lipinski definition) is 3. The van der Waals surface area contributed by atoms with Gasteiger partial charge in [0.1, 0.15) is 5.54 Å². The number of carbonyl (C=O) groups excluding carboxylic acids is 2. The number of hydrogen-bond donors (Lipinski definition) is 2. The number of carbonyl (C=O) groups is 2. The molecule has 1 aliphatic carbocycles. The van der Waals surface area contributed by atoms with Gasteiger partial charge in [-0.05, 0) is 51.7 Å². The summed E-state index contributed by atoms with van der Waals surface area (Å²) in [5, 5.41) is 6.50. The molecule has 1 heterocycles. The van der Waals surface area contributed by atoms with Crippen molar-refractivity contribution in [1.29, 1.82) is 0 Å². The summed E-state index contributed by atoms with van der Waals surface area (Å²) < 4.78 is 0. The van der Waals surface area contributed by atoms with Crippen LogP contribution in [0.4, 0.5) is 5.69 Å². The van der Waals surface area contributed by atoms with Crippen molar-refractivity contribution in [1.82, 2.24) is 10.2 Å². The quantitative estimate of drug-likeness (QED) is 0.872. The minimum atomic E-state index is -0.647. The number of para-hydroxylation sites is 1. The second kappa shape index (κ2) is 6.83. The molecule has 1 saturated carbocycles. The first-order chi connectivity index (χ1) is 11.5. The maximum atomic E-state index is 12.9. The van der Waals surface area contributed by atoms with Crippen LogP contribution in [0.3, 0.4) is 0 Å². The van der Waals surface area contributed by atoms with Crippen molar-refractivity contribution in [3.05, 3.63) is 30.3 Å². The molecule has 24 heavy (non-hydrogen) atoms. The van der Waals surface area contributed by atoms with Crippen LogP contribution in [-0.4, -0.2) is 41.4 Å². The van der Waals surface area contributed by atoms with Crippen LogP contribution in [-0.2, 0) is 9.59 Å². The van der Waals surface area contributed by atoms with Gasteiger partial charge in [-0.15, -0.1) is 0 Å². The summed E-state index contributed by atoms with van der Waals surface area (Å²) in [7, 11) is 0. The van der Waals surface area contributed by atoms with Gasteiger partial charge in [-0.3, -0.25) is 9.59 Å². The molecule has 5 nitrogen and oxygen atoms in total. The maximum Gasteiger partial charge on any atom is 0.246 e. The number of nitrogens with zero attached hydrogens (tertiary/aromatic N) is 1. The minimum Gasteiger partial charge on any atom is -0.371 e. The summed E-state index contributed by atoms with van der Waals surface area (Å²) in [6.07, 6.45) is 3.32. The molecule has 2 amide bonds. The average Bonchev–Trinajstić information content (AvgIpc) is 3.40. The van der Waals surface area contributed by atoms with E-state index in [1.54, 1.807) is 0 Å². The molecule has 0 aromatic heterocycles. The molecular formula is C19H27N3O2. The van der Waals surface area contributed by atoms with Crippen molar-refractivity contribution in [2.24, 2.45) is 5.92 Å². The lowest BCUT2D eigenvalue weighted by Crippen LogP contribution is -2.60. The van der Waals surface area contributed by atoms with E-state index >= 15 is 0 Å². The van der Waals surface area contributed by atoms with Gasteiger partial charge in [-0.1, -0.05) is 18.2 Å². The summed E-state index contributed by atoms with van der Waals surface area (Å²) in [6, 6.07) is 9.93. The fourth-order valence-electron chi connectivity index (χ4n) is 3.30. The Morgan fingerprint density at radius 3 is 2.29 bits per heavy atom. The smallest absolute Gasteiger partial charge is 0.246 e. The first kappa shape index (κ1) is 16.8. The first-order valence-electron chi connectivity index (χ1n) is 8.93. The van der Waals surface area contributed by atoms with Crippen molar-refractivity contribution in [2.45, 2.75) is 51.1 Å². The molecule has 2 aliphatic rings. The van der Waals surface area contributed by atoms with Gasteiger partial charge in [-0.25, -0.2) is 0 Å². The molecule has 0 unspecified atom stereocenters. The molecule has 1 aromatic carbocycles. The molecule has 2 fully saturated rings. The minimum absolute atomic E-state index is 0.0277. The normalized spacial score (nSPS) is 19.9. The van der Waals surface area contributed by atoms with E-state index in [-0.39, 0.29) is 23.8 Å². The van der Waals surface area contributed by atoms with Crippen LogP contribution < -0.4 is 10.6 Å². The molecule has 1 saturated heterocycles. The zero-order chi connectivity index (χ0) is 17.2. The molecule has 130 valence electrons. The monoisotopic (exact) mass is 329 g/mol. The Balaban J connectivity index is 1.73. The zero-order valence-electron chi connectivity index (χ0n) is 14.5. The zero-order valence-corrected chi connectivity index (χ0v) is 14.5. The van der Waals surface area contributed by atoms with Crippen LogP contribution in [0.25, 0.3) is 0 Å². The van der Waals surface area contributed by atoms with Crippen LogP contribution >= 0.6 is 0 Å². The lowest BCUT2D eigenvalue weighted by Gasteiger charge is -2.42. The van der Waals surface area contributed by atoms with Crippen molar-refractivity contribution in [3.8, 4) is 0 Å². The summed E-state index contributed by atoms with van der Waals surface area (Å²) in [6.45, 7) is 5.22. The number of rotatable bonds is 5. The molecule has 5 heteroatoms. The van der Waals surface area contributed by atoms with E-state index in [0.717, 1.165) is 18.5 Å². The second-order valence-corrected chi connectivity index (χ2v) is 7.30. The third kappa shape index (κ3) is 3.71. The molecule has 0 spiro atoms. The fraction of sp³-hybridized carbons (Fsp3) is 0.579. The van der Waals surface area contributed by atoms with Gasteiger partial charge in [0.15, 0.2) is 0 Å². The Kier molecular flexibility index (Phi) is 4.78. The highest BCUT2D eigenvalue weighted by molar-refractivity contribution is 5.90. The Morgan fingerprint density at radius 2 is 1.75 bits per heavy atom. The van der Waals surface area contributed by atoms with Gasteiger partial charge >= 0.3 is 0 Å². The van der Waals surface area contributed by atoms with Gasteiger partial charge in [-0.2, -0.15) is 0 Å². The van der Waals surface area contributed by atoms with E-state index in [0.29, 0.717) is 25.9 Å². The van der Waals surface area contributed by atoms with Crippen molar-refractivity contribution in [2.75, 3.05) is 18.4 Å². The highest BCUT2D eigenvalue weighted by atomic mass is 16.2. The van der Waals surface area contributed by atoms with E-state index in [4.69, 9.17) is 0 Å². The van der Waals surface area contributed by atoms with Gasteiger partial charge in [0.25, 0.3) is 0 Å². The van der Waals surface area contributed by atoms with E-state index in [9.17, 15) is 9.59 Å². The van der Waals surface area contributed by atoms with E-state index in [2.05, 4.69) is 10.6 Å². The maximum absolute atomic E-state index is 12.9. The average molecular weight is 329 g/mol. The van der Waals surface area contributed by atoms with Gasteiger partial charge < -0.3 is 15.5 Å². The summed E-state index contributed by atoms with van der Waals surface area (Å²) in [5.74, 6) is 0.538. The number of likely N-dealkylation sites (tertiary alicyclic amines) is 1. The molecule has 1 aliphatic heterocycles. The van der Waals surface area contributed by atoms with Gasteiger partial charge in [0.2, 0.25) is 11.8 Å². The lowest BCUT2D eigenvalue weighted by atomic mass is 9.85. The standard InChI is InChI=1S/C19H27N3O2/c1-14(2)20-18(24)19(21-16-6-4-3-5-7-16)10-12-22(13-11-19)17(23)15-8-9-15/h3-7,14-15,21H,8-13H2,1-2H3,(H,20,24). The number of amides is 2. The van der Waals surface area contributed by atoms with E-state index in [1.807, 2.05) is 49.1 Å². The van der Waals surface area contributed by atoms with Gasteiger partial charge in [0.05, 0.1) is 0 Å². The molecule has 1 aromatic rings. The first-order valence-corrected chi connectivity index (χ1v) is 8.93. The topological polar surface area (TPSA) is 61.4 Å². The highest BCUT2D eigenvalue weighted by Gasteiger charge is 2.44. The van der Waals surface area contributed by atoms with Crippen LogP contribution in [0, 0.1) is 5.92 Å². The Morgan fingerprint density at radius 1 is 1.12 bits per heavy atom. The van der Waals surface area contributed by atoms with Crippen LogP contribution in [0.5, 0.6) is 0 Å². The van der Waals surface area contributed by atoms with E-state index in [1.165, 1.54) is 0 Å². The SMILES string of the molecule is CC(C)NC(=O)C1(Nc2ccccc2)CCN(C(=O)C2CC2)CC1. The Labute approximate surface area is 143 Å². The summed E-state index contributed by atoms with van der Waals surface area (Å²) in [4.78, 5) is 27.1. The predicted octanol–water partition coefficient (Wildman–Crippen LogP) is 2.39. The van der Waals surface area contributed by atoms with Crippen molar-refractivity contribution >= 4 is 17.5 Å². The molecule has 0 atom stereocenters. The number of anilines is 1. The van der Waals surface area contributed by atoms with Crippen LogP contribution in [0.15, 0.2) is 30.3 Å². The van der Waals surface area contributed by atoms with Crippen LogP contribution in [0.2, 0.25) is 0 Å². The number of benzene rings is 1. The third-order valence-electron chi connectivity index (χ3n) is 4.87. The Hall–Kier alpha value is -2.04. The molecular weight excluding hydrogens is 302 g/mol. The van der Waals surface area contributed by atoms with Crippen molar-refractivity contribution in [3.63, 3.8) is 0 Å².